The number of carbonyl (C=O) groups excluding carboxylic acids is 2. The van der Waals surface area contributed by atoms with Gasteiger partial charge in [-0.1, -0.05) is 17.3 Å². The van der Waals surface area contributed by atoms with Gasteiger partial charge in [-0.2, -0.15) is 0 Å². The maximum Gasteiger partial charge on any atom is 0.412 e. The molecule has 9 nitrogen and oxygen atoms in total. The second-order valence-corrected chi connectivity index (χ2v) is 4.87. The molecule has 0 aliphatic heterocycles. The van der Waals surface area contributed by atoms with Gasteiger partial charge < -0.3 is 14.8 Å². The summed E-state index contributed by atoms with van der Waals surface area (Å²) in [6.45, 7) is 0.519. The molecule has 0 atom stereocenters. The number of carbonyl (C=O) groups is 2. The number of hydrogen-bond donors (Lipinski definition) is 2. The molecule has 0 aliphatic rings. The second kappa shape index (κ2) is 8.51. The lowest BCUT2D eigenvalue weighted by atomic mass is 10.1. The minimum Gasteiger partial charge on any atom is -0.497 e. The predicted molar refractivity (Wildman–Crippen MR) is 85.8 cm³/mol. The summed E-state index contributed by atoms with van der Waals surface area (Å²) >= 11 is 0. The number of nitrogens with zero attached hydrogens (tertiary/aromatic N) is 3. The molecule has 9 heteroatoms. The standard InChI is InChI=1S/C15H19N5O4/c1-23-12-5-3-11(4-6-12)7-8-16-14(21)10-20-9-13(18-19-20)17-15(22)24-2/h3-6,9H,7-8,10H2,1-2H3,(H,16,21)(H,17,22). The van der Waals surface area contributed by atoms with E-state index in [1.165, 1.54) is 18.0 Å². The topological polar surface area (TPSA) is 107 Å². The van der Waals surface area contributed by atoms with Crippen LogP contribution in [0.15, 0.2) is 30.5 Å². The first-order valence-corrected chi connectivity index (χ1v) is 7.25. The number of methoxy groups -OCH3 is 2. The van der Waals surface area contributed by atoms with Gasteiger partial charge in [0.05, 0.1) is 20.4 Å². The van der Waals surface area contributed by atoms with Crippen LogP contribution in [0.25, 0.3) is 0 Å². The molecule has 0 fully saturated rings. The highest BCUT2D eigenvalue weighted by Crippen LogP contribution is 2.11. The quantitative estimate of drug-likeness (QED) is 0.777. The van der Waals surface area contributed by atoms with Gasteiger partial charge in [-0.3, -0.25) is 10.1 Å². The second-order valence-electron chi connectivity index (χ2n) is 4.87. The number of anilines is 1. The van der Waals surface area contributed by atoms with Crippen LogP contribution in [0.3, 0.4) is 0 Å². The molecule has 1 aromatic heterocycles. The third kappa shape index (κ3) is 5.27. The molecule has 1 heterocycles. The molecule has 0 saturated heterocycles. The summed E-state index contributed by atoms with van der Waals surface area (Å²) in [7, 11) is 2.86. The fourth-order valence-corrected chi connectivity index (χ4v) is 1.93. The van der Waals surface area contributed by atoms with Crippen LogP contribution in [0.5, 0.6) is 5.75 Å². The molecular weight excluding hydrogens is 314 g/mol. The average molecular weight is 333 g/mol. The van der Waals surface area contributed by atoms with Crippen LogP contribution in [0.2, 0.25) is 0 Å². The molecule has 0 spiro atoms. The Morgan fingerprint density at radius 3 is 2.62 bits per heavy atom. The van der Waals surface area contributed by atoms with Gasteiger partial charge in [-0.15, -0.1) is 5.10 Å². The molecule has 0 radical (unpaired) electrons. The van der Waals surface area contributed by atoms with E-state index in [4.69, 9.17) is 4.74 Å². The van der Waals surface area contributed by atoms with E-state index in [1.807, 2.05) is 24.3 Å². The monoisotopic (exact) mass is 333 g/mol. The van der Waals surface area contributed by atoms with E-state index < -0.39 is 6.09 Å². The molecular formula is C15H19N5O4. The minimum atomic E-state index is -0.647. The number of aromatic nitrogens is 3. The molecule has 2 N–H and O–H groups in total. The summed E-state index contributed by atoms with van der Waals surface area (Å²) in [5.41, 5.74) is 1.10. The zero-order valence-electron chi connectivity index (χ0n) is 13.5. The molecule has 2 amide bonds. The van der Waals surface area contributed by atoms with Crippen molar-refractivity contribution in [2.24, 2.45) is 0 Å². The van der Waals surface area contributed by atoms with Crippen LogP contribution in [0, 0.1) is 0 Å². The highest BCUT2D eigenvalue weighted by Gasteiger charge is 2.08. The Morgan fingerprint density at radius 2 is 1.96 bits per heavy atom. The van der Waals surface area contributed by atoms with Crippen molar-refractivity contribution >= 4 is 17.8 Å². The number of amides is 2. The molecule has 0 bridgehead atoms. The van der Waals surface area contributed by atoms with E-state index >= 15 is 0 Å². The Balaban J connectivity index is 1.73. The third-order valence-corrected chi connectivity index (χ3v) is 3.15. The van der Waals surface area contributed by atoms with Gasteiger partial charge in [0.2, 0.25) is 5.91 Å². The van der Waals surface area contributed by atoms with Crippen LogP contribution in [0.4, 0.5) is 10.6 Å². The SMILES string of the molecule is COC(=O)Nc1cn(CC(=O)NCCc2ccc(OC)cc2)nn1. The number of rotatable bonds is 7. The van der Waals surface area contributed by atoms with Crippen LogP contribution in [0.1, 0.15) is 5.56 Å². The Hall–Kier alpha value is -3.10. The lowest BCUT2D eigenvalue weighted by Crippen LogP contribution is -2.29. The summed E-state index contributed by atoms with van der Waals surface area (Å²) in [5.74, 6) is 0.816. The van der Waals surface area contributed by atoms with Gasteiger partial charge in [-0.25, -0.2) is 9.48 Å². The highest BCUT2D eigenvalue weighted by atomic mass is 16.5. The molecule has 2 aromatic rings. The minimum absolute atomic E-state index is 0.0124. The Kier molecular flexibility index (Phi) is 6.12. The molecule has 0 unspecified atom stereocenters. The van der Waals surface area contributed by atoms with Crippen molar-refractivity contribution in [1.82, 2.24) is 20.3 Å². The Labute approximate surface area is 138 Å². The molecule has 128 valence electrons. The fraction of sp³-hybridized carbons (Fsp3) is 0.333. The zero-order chi connectivity index (χ0) is 17.4. The Bertz CT molecular complexity index is 683. The van der Waals surface area contributed by atoms with Crippen molar-refractivity contribution < 1.29 is 19.1 Å². The smallest absolute Gasteiger partial charge is 0.412 e. The number of hydrogen-bond acceptors (Lipinski definition) is 6. The van der Waals surface area contributed by atoms with E-state index in [9.17, 15) is 9.59 Å². The van der Waals surface area contributed by atoms with Crippen molar-refractivity contribution in [3.8, 4) is 5.75 Å². The molecule has 0 saturated carbocycles. The first kappa shape index (κ1) is 17.3. The maximum absolute atomic E-state index is 11.9. The van der Waals surface area contributed by atoms with Gasteiger partial charge in [0.25, 0.3) is 0 Å². The van der Waals surface area contributed by atoms with Crippen molar-refractivity contribution in [2.45, 2.75) is 13.0 Å². The molecule has 0 aliphatic carbocycles. The summed E-state index contributed by atoms with van der Waals surface area (Å²) < 4.78 is 10.9. The first-order valence-electron chi connectivity index (χ1n) is 7.25. The summed E-state index contributed by atoms with van der Waals surface area (Å²) in [6, 6.07) is 7.66. The van der Waals surface area contributed by atoms with E-state index in [1.54, 1.807) is 7.11 Å². The first-order chi connectivity index (χ1) is 11.6. The van der Waals surface area contributed by atoms with Crippen LogP contribution in [-0.2, 0) is 22.5 Å². The van der Waals surface area contributed by atoms with E-state index in [0.717, 1.165) is 11.3 Å². The summed E-state index contributed by atoms with van der Waals surface area (Å²) in [4.78, 5) is 22.9. The fourth-order valence-electron chi connectivity index (χ4n) is 1.93. The maximum atomic E-state index is 11.9. The number of ether oxygens (including phenoxy) is 2. The lowest BCUT2D eigenvalue weighted by molar-refractivity contribution is -0.121. The van der Waals surface area contributed by atoms with E-state index in [-0.39, 0.29) is 18.3 Å². The van der Waals surface area contributed by atoms with Crippen molar-refractivity contribution in [2.75, 3.05) is 26.1 Å². The Morgan fingerprint density at radius 1 is 1.21 bits per heavy atom. The normalized spacial score (nSPS) is 10.1. The largest absolute Gasteiger partial charge is 0.497 e. The van der Waals surface area contributed by atoms with Gasteiger partial charge in [0.15, 0.2) is 5.82 Å². The molecule has 1 aromatic carbocycles. The summed E-state index contributed by atoms with van der Waals surface area (Å²) in [6.07, 6.45) is 1.51. The van der Waals surface area contributed by atoms with Crippen molar-refractivity contribution in [3.05, 3.63) is 36.0 Å². The van der Waals surface area contributed by atoms with Crippen LogP contribution >= 0.6 is 0 Å². The van der Waals surface area contributed by atoms with Gasteiger partial charge in [-0.05, 0) is 24.1 Å². The van der Waals surface area contributed by atoms with Crippen molar-refractivity contribution in [1.29, 1.82) is 0 Å². The number of benzene rings is 1. The van der Waals surface area contributed by atoms with Gasteiger partial charge in [0.1, 0.15) is 12.3 Å². The predicted octanol–water partition coefficient (Wildman–Crippen LogP) is 0.824. The van der Waals surface area contributed by atoms with Crippen LogP contribution < -0.4 is 15.4 Å². The van der Waals surface area contributed by atoms with Crippen LogP contribution in [-0.4, -0.2) is 47.8 Å². The van der Waals surface area contributed by atoms with Crippen molar-refractivity contribution in [3.63, 3.8) is 0 Å². The van der Waals surface area contributed by atoms with Gasteiger partial charge in [0, 0.05) is 6.54 Å². The summed E-state index contributed by atoms with van der Waals surface area (Å²) in [5, 5.41) is 12.6. The average Bonchev–Trinajstić information content (AvgIpc) is 3.02. The third-order valence-electron chi connectivity index (χ3n) is 3.15. The van der Waals surface area contributed by atoms with E-state index in [2.05, 4.69) is 25.7 Å². The highest BCUT2D eigenvalue weighted by molar-refractivity contribution is 5.82. The van der Waals surface area contributed by atoms with Gasteiger partial charge >= 0.3 is 6.09 Å². The lowest BCUT2D eigenvalue weighted by Gasteiger charge is -2.06. The zero-order valence-corrected chi connectivity index (χ0v) is 13.5. The molecule has 24 heavy (non-hydrogen) atoms. The molecule has 2 rings (SSSR count). The number of nitrogens with one attached hydrogen (secondary N) is 2. The van der Waals surface area contributed by atoms with E-state index in [0.29, 0.717) is 13.0 Å².